The van der Waals surface area contributed by atoms with E-state index in [0.29, 0.717) is 0 Å². The molecule has 0 saturated heterocycles. The number of hydrogen-bond donors (Lipinski definition) is 1. The summed E-state index contributed by atoms with van der Waals surface area (Å²) >= 11 is 2.00. The summed E-state index contributed by atoms with van der Waals surface area (Å²) in [5, 5.41) is 0. The van der Waals surface area contributed by atoms with E-state index in [2.05, 4.69) is 3.53 Å². The van der Waals surface area contributed by atoms with Crippen molar-refractivity contribution in [1.29, 1.82) is 0 Å². The molecule has 3 heteroatoms. The first-order valence-corrected chi connectivity index (χ1v) is 4.75. The average molecular weight is 275 g/mol. The molecule has 0 aromatic heterocycles. The highest BCUT2D eigenvalue weighted by atomic mass is 127. The fraction of sp³-hybridized carbons (Fsp3) is 0.222. The molecule has 1 aromatic carbocycles. The van der Waals surface area contributed by atoms with Crippen LogP contribution in [-0.2, 0) is 4.79 Å². The van der Waals surface area contributed by atoms with E-state index in [4.69, 9.17) is 0 Å². The Morgan fingerprint density at radius 3 is 2.42 bits per heavy atom. The fourth-order valence-electron chi connectivity index (χ4n) is 1.02. The molecule has 0 amide bonds. The molecule has 2 nitrogen and oxygen atoms in total. The molecule has 0 heterocycles. The molecular weight excluding hydrogens is 265 g/mol. The number of carbonyl (C=O) groups is 1. The van der Waals surface area contributed by atoms with Gasteiger partial charge in [0.2, 0.25) is 0 Å². The fourth-order valence-corrected chi connectivity index (χ4v) is 1.82. The Morgan fingerprint density at radius 2 is 2.00 bits per heavy atom. The van der Waals surface area contributed by atoms with E-state index in [9.17, 15) is 4.79 Å². The molecule has 12 heavy (non-hydrogen) atoms. The third kappa shape index (κ3) is 2.28. The van der Waals surface area contributed by atoms with E-state index >= 15 is 0 Å². The minimum absolute atomic E-state index is 0.135. The van der Waals surface area contributed by atoms with Crippen molar-refractivity contribution in [2.24, 2.45) is 0 Å². The summed E-state index contributed by atoms with van der Waals surface area (Å²) < 4.78 is 2.94. The van der Waals surface area contributed by atoms with Gasteiger partial charge in [-0.05, 0) is 12.5 Å². The first-order chi connectivity index (χ1) is 5.75. The van der Waals surface area contributed by atoms with Crippen molar-refractivity contribution in [3.05, 3.63) is 35.9 Å². The van der Waals surface area contributed by atoms with Gasteiger partial charge in [-0.3, -0.25) is 4.79 Å². The van der Waals surface area contributed by atoms with Gasteiger partial charge < -0.3 is 0 Å². The molecule has 0 aliphatic carbocycles. The predicted molar refractivity (Wildman–Crippen MR) is 57.0 cm³/mol. The lowest BCUT2D eigenvalue weighted by atomic mass is 10.1. The molecule has 64 valence electrons. The molecule has 1 aromatic rings. The zero-order valence-electron chi connectivity index (χ0n) is 6.75. The van der Waals surface area contributed by atoms with Gasteiger partial charge in [0.15, 0.2) is 5.78 Å². The highest BCUT2D eigenvalue weighted by molar-refractivity contribution is 14.1. The Balaban J connectivity index is 2.88. The maximum absolute atomic E-state index is 11.1. The van der Waals surface area contributed by atoms with Gasteiger partial charge in [-0.25, -0.2) is 3.53 Å². The first kappa shape index (κ1) is 9.67. The minimum Gasteiger partial charge on any atom is -0.298 e. The molecule has 0 aliphatic heterocycles. The lowest BCUT2D eigenvalue weighted by molar-refractivity contribution is -0.118. The quantitative estimate of drug-likeness (QED) is 0.677. The minimum atomic E-state index is -0.174. The Labute approximate surface area is 85.9 Å². The topological polar surface area (TPSA) is 29.1 Å². The number of halogens is 1. The van der Waals surface area contributed by atoms with Crippen molar-refractivity contribution in [3.8, 4) is 0 Å². The maximum atomic E-state index is 11.1. The second-order valence-corrected chi connectivity index (χ2v) is 3.19. The molecule has 0 aliphatic rings. The lowest BCUT2D eigenvalue weighted by Crippen LogP contribution is -2.18. The van der Waals surface area contributed by atoms with Gasteiger partial charge in [0.25, 0.3) is 0 Å². The Hall–Kier alpha value is -0.420. The molecule has 0 fully saturated rings. The number of Topliss-reactive ketones (excluding diaryl/α,β-unsaturated/α-hetero) is 1. The summed E-state index contributed by atoms with van der Waals surface area (Å²) in [6.45, 7) is 1.59. The molecule has 1 N–H and O–H groups in total. The van der Waals surface area contributed by atoms with Gasteiger partial charge in [-0.15, -0.1) is 0 Å². The van der Waals surface area contributed by atoms with Crippen molar-refractivity contribution in [3.63, 3.8) is 0 Å². The van der Waals surface area contributed by atoms with Gasteiger partial charge >= 0.3 is 0 Å². The predicted octanol–water partition coefficient (Wildman–Crippen LogP) is 2.26. The summed E-state index contributed by atoms with van der Waals surface area (Å²) in [6, 6.07) is 9.51. The summed E-state index contributed by atoms with van der Waals surface area (Å²) in [5.74, 6) is 0.135. The number of carbonyl (C=O) groups excluding carboxylic acids is 1. The van der Waals surface area contributed by atoms with Crippen LogP contribution in [0.5, 0.6) is 0 Å². The number of nitrogens with one attached hydrogen (secondary N) is 1. The number of rotatable bonds is 3. The van der Waals surface area contributed by atoms with Gasteiger partial charge in [-0.1, -0.05) is 30.3 Å². The van der Waals surface area contributed by atoms with Gasteiger partial charge in [-0.2, -0.15) is 0 Å². The highest BCUT2D eigenvalue weighted by Crippen LogP contribution is 2.14. The van der Waals surface area contributed by atoms with Crippen LogP contribution in [0.2, 0.25) is 0 Å². The molecule has 0 spiro atoms. The van der Waals surface area contributed by atoms with Crippen LogP contribution in [0, 0.1) is 0 Å². The molecule has 1 rings (SSSR count). The SMILES string of the molecule is CC(=O)[C@@H](NI)c1ccccc1. The van der Waals surface area contributed by atoms with Crippen molar-refractivity contribution >= 4 is 28.6 Å². The van der Waals surface area contributed by atoms with Crippen LogP contribution in [0.4, 0.5) is 0 Å². The number of ketones is 1. The smallest absolute Gasteiger partial charge is 0.151 e. The van der Waals surface area contributed by atoms with Crippen molar-refractivity contribution < 1.29 is 4.79 Å². The zero-order valence-corrected chi connectivity index (χ0v) is 8.91. The van der Waals surface area contributed by atoms with Gasteiger partial charge in [0.1, 0.15) is 0 Å². The van der Waals surface area contributed by atoms with E-state index in [1.807, 2.05) is 53.2 Å². The second-order valence-electron chi connectivity index (χ2n) is 2.56. The standard InChI is InChI=1S/C9H10INO/c1-7(12)9(11-10)8-5-3-2-4-6-8/h2-6,9,11H,1H3/t9-/m1/s1. The molecule has 0 radical (unpaired) electrons. The molecular formula is C9H10INO. The van der Waals surface area contributed by atoms with Gasteiger partial charge in [0, 0.05) is 22.9 Å². The molecule has 1 atom stereocenters. The van der Waals surface area contributed by atoms with Crippen molar-refractivity contribution in [2.75, 3.05) is 0 Å². The molecule has 0 saturated carbocycles. The van der Waals surface area contributed by atoms with E-state index < -0.39 is 0 Å². The largest absolute Gasteiger partial charge is 0.298 e. The third-order valence-corrected chi connectivity index (χ3v) is 2.27. The van der Waals surface area contributed by atoms with Crippen LogP contribution < -0.4 is 3.53 Å². The normalized spacial score (nSPS) is 12.5. The van der Waals surface area contributed by atoms with Crippen molar-refractivity contribution in [1.82, 2.24) is 3.53 Å². The summed E-state index contributed by atoms with van der Waals surface area (Å²) in [7, 11) is 0. The van der Waals surface area contributed by atoms with Crippen molar-refractivity contribution in [2.45, 2.75) is 13.0 Å². The van der Waals surface area contributed by atoms with Crippen LogP contribution in [0.15, 0.2) is 30.3 Å². The first-order valence-electron chi connectivity index (χ1n) is 3.67. The van der Waals surface area contributed by atoms with Crippen LogP contribution in [0.1, 0.15) is 18.5 Å². The average Bonchev–Trinajstić information content (AvgIpc) is 2.07. The Morgan fingerprint density at radius 1 is 1.42 bits per heavy atom. The third-order valence-electron chi connectivity index (χ3n) is 1.65. The van der Waals surface area contributed by atoms with E-state index in [1.54, 1.807) is 6.92 Å². The zero-order chi connectivity index (χ0) is 8.97. The number of hydrogen-bond acceptors (Lipinski definition) is 2. The van der Waals surface area contributed by atoms with E-state index in [1.165, 1.54) is 0 Å². The Bertz CT molecular complexity index is 260. The van der Waals surface area contributed by atoms with E-state index in [-0.39, 0.29) is 11.8 Å². The van der Waals surface area contributed by atoms with Gasteiger partial charge in [0.05, 0.1) is 6.04 Å². The summed E-state index contributed by atoms with van der Waals surface area (Å²) in [5.41, 5.74) is 1.01. The van der Waals surface area contributed by atoms with Crippen LogP contribution in [0.3, 0.4) is 0 Å². The molecule has 0 unspecified atom stereocenters. The van der Waals surface area contributed by atoms with Crippen LogP contribution in [-0.4, -0.2) is 5.78 Å². The lowest BCUT2D eigenvalue weighted by Gasteiger charge is -2.10. The second kappa shape index (κ2) is 4.57. The van der Waals surface area contributed by atoms with Crippen LogP contribution >= 0.6 is 22.9 Å². The van der Waals surface area contributed by atoms with E-state index in [0.717, 1.165) is 5.56 Å². The Kier molecular flexibility index (Phi) is 3.68. The number of benzene rings is 1. The molecule has 0 bridgehead atoms. The maximum Gasteiger partial charge on any atom is 0.151 e. The summed E-state index contributed by atoms with van der Waals surface area (Å²) in [6.07, 6.45) is 0. The van der Waals surface area contributed by atoms with Crippen LogP contribution in [0.25, 0.3) is 0 Å². The monoisotopic (exact) mass is 275 g/mol. The summed E-state index contributed by atoms with van der Waals surface area (Å²) in [4.78, 5) is 11.1. The highest BCUT2D eigenvalue weighted by Gasteiger charge is 2.13.